The molecule has 0 atom stereocenters. The summed E-state index contributed by atoms with van der Waals surface area (Å²) in [6, 6.07) is 5.78. The third kappa shape index (κ3) is 1.59. The fourth-order valence-corrected chi connectivity index (χ4v) is 0.869. The highest BCUT2D eigenvalue weighted by Crippen LogP contribution is 2.12. The van der Waals surface area contributed by atoms with E-state index in [1.54, 1.807) is 0 Å². The fraction of sp³-hybridized carbons (Fsp3) is 0.125. The number of hydrogen-bond acceptors (Lipinski definition) is 3. The molecule has 3 nitrogen and oxygen atoms in total. The molecule has 0 aromatic heterocycles. The number of rotatable bonds is 1. The monoisotopic (exact) mass is 165 g/mol. The lowest BCUT2D eigenvalue weighted by Gasteiger charge is -2.06. The van der Waals surface area contributed by atoms with Gasteiger partial charge < -0.3 is 11.5 Å². The van der Waals surface area contributed by atoms with E-state index in [9.17, 15) is 4.39 Å². The first-order valence-electron chi connectivity index (χ1n) is 3.36. The van der Waals surface area contributed by atoms with E-state index in [0.717, 1.165) is 0 Å². The van der Waals surface area contributed by atoms with Crippen molar-refractivity contribution in [1.82, 2.24) is 0 Å². The molecule has 4 N–H and O–H groups in total. The molecule has 4 heteroatoms. The third-order valence-corrected chi connectivity index (χ3v) is 1.48. The molecule has 0 aliphatic heterocycles. The molecule has 1 aromatic rings. The van der Waals surface area contributed by atoms with Gasteiger partial charge in [0.15, 0.2) is 0 Å². The fourth-order valence-electron chi connectivity index (χ4n) is 0.869. The first kappa shape index (κ1) is 8.65. The Morgan fingerprint density at radius 1 is 1.42 bits per heavy atom. The van der Waals surface area contributed by atoms with Gasteiger partial charge in [0, 0.05) is 5.56 Å². The minimum Gasteiger partial charge on any atom is -0.312 e. The van der Waals surface area contributed by atoms with Gasteiger partial charge in [0.1, 0.15) is 5.82 Å². The number of nitrogens with two attached hydrogens (primary N) is 2. The van der Waals surface area contributed by atoms with Crippen molar-refractivity contribution in [3.05, 3.63) is 35.1 Å². The molecule has 0 spiro atoms. The van der Waals surface area contributed by atoms with Crippen molar-refractivity contribution in [2.45, 2.75) is 6.17 Å². The summed E-state index contributed by atoms with van der Waals surface area (Å²) in [5.74, 6) is -0.482. The van der Waals surface area contributed by atoms with Gasteiger partial charge >= 0.3 is 0 Å². The number of nitriles is 1. The summed E-state index contributed by atoms with van der Waals surface area (Å²) in [6.07, 6.45) is -0.877. The second-order valence-electron chi connectivity index (χ2n) is 2.37. The van der Waals surface area contributed by atoms with E-state index in [1.165, 1.54) is 18.2 Å². The molecule has 1 rings (SSSR count). The largest absolute Gasteiger partial charge is 0.312 e. The zero-order valence-corrected chi connectivity index (χ0v) is 6.29. The predicted molar refractivity (Wildman–Crippen MR) is 42.2 cm³/mol. The standard InChI is InChI=1S/C8H8FN3/c9-7-2-1-5(4-10)3-6(7)8(11)12/h1-3,8H,11-12H2. The van der Waals surface area contributed by atoms with Crippen molar-refractivity contribution in [2.24, 2.45) is 11.5 Å². The molecular weight excluding hydrogens is 157 g/mol. The molecule has 0 radical (unpaired) electrons. The highest BCUT2D eigenvalue weighted by Gasteiger charge is 2.07. The van der Waals surface area contributed by atoms with E-state index in [1.807, 2.05) is 6.07 Å². The number of nitrogens with zero attached hydrogens (tertiary/aromatic N) is 1. The summed E-state index contributed by atoms with van der Waals surface area (Å²) in [5.41, 5.74) is 11.0. The van der Waals surface area contributed by atoms with E-state index < -0.39 is 12.0 Å². The Morgan fingerprint density at radius 3 is 2.58 bits per heavy atom. The van der Waals surface area contributed by atoms with Crippen LogP contribution in [-0.2, 0) is 0 Å². The maximum Gasteiger partial charge on any atom is 0.129 e. The molecule has 0 fully saturated rings. The molecule has 0 bridgehead atoms. The Bertz CT molecular complexity index is 328. The molecule has 0 heterocycles. The molecule has 62 valence electrons. The molecule has 0 aliphatic rings. The molecule has 1 aromatic carbocycles. The van der Waals surface area contributed by atoms with Gasteiger partial charge in [0.05, 0.1) is 17.8 Å². The topological polar surface area (TPSA) is 75.8 Å². The summed E-state index contributed by atoms with van der Waals surface area (Å²) in [7, 11) is 0. The Balaban J connectivity index is 3.19. The van der Waals surface area contributed by atoms with Gasteiger partial charge in [-0.05, 0) is 18.2 Å². The molecular formula is C8H8FN3. The Hall–Kier alpha value is -1.44. The van der Waals surface area contributed by atoms with Crippen molar-refractivity contribution >= 4 is 0 Å². The van der Waals surface area contributed by atoms with E-state index >= 15 is 0 Å². The predicted octanol–water partition coefficient (Wildman–Crippen LogP) is 0.613. The number of halogens is 1. The van der Waals surface area contributed by atoms with Crippen LogP contribution in [0.5, 0.6) is 0 Å². The first-order valence-corrected chi connectivity index (χ1v) is 3.36. The maximum absolute atomic E-state index is 12.9. The second-order valence-corrected chi connectivity index (χ2v) is 2.37. The van der Waals surface area contributed by atoms with Crippen LogP contribution in [-0.4, -0.2) is 0 Å². The van der Waals surface area contributed by atoms with Crippen molar-refractivity contribution in [2.75, 3.05) is 0 Å². The average Bonchev–Trinajstić information content (AvgIpc) is 2.05. The van der Waals surface area contributed by atoms with Gasteiger partial charge in [-0.25, -0.2) is 4.39 Å². The summed E-state index contributed by atoms with van der Waals surface area (Å²) in [6.45, 7) is 0. The quantitative estimate of drug-likeness (QED) is 0.598. The van der Waals surface area contributed by atoms with Gasteiger partial charge in [-0.1, -0.05) is 0 Å². The highest BCUT2D eigenvalue weighted by molar-refractivity contribution is 5.34. The van der Waals surface area contributed by atoms with Gasteiger partial charge in [0.2, 0.25) is 0 Å². The van der Waals surface area contributed by atoms with Crippen LogP contribution in [0.1, 0.15) is 17.3 Å². The lowest BCUT2D eigenvalue weighted by molar-refractivity contribution is 0.588. The van der Waals surface area contributed by atoms with Crippen LogP contribution in [0.2, 0.25) is 0 Å². The summed E-state index contributed by atoms with van der Waals surface area (Å²) < 4.78 is 12.9. The van der Waals surface area contributed by atoms with Crippen LogP contribution in [0.25, 0.3) is 0 Å². The van der Waals surface area contributed by atoms with Crippen LogP contribution in [0.4, 0.5) is 4.39 Å². The van der Waals surface area contributed by atoms with Crippen LogP contribution in [0, 0.1) is 17.1 Å². The minimum absolute atomic E-state index is 0.161. The van der Waals surface area contributed by atoms with Crippen LogP contribution in [0.15, 0.2) is 18.2 Å². The number of benzene rings is 1. The zero-order chi connectivity index (χ0) is 9.14. The van der Waals surface area contributed by atoms with Crippen LogP contribution < -0.4 is 11.5 Å². The van der Waals surface area contributed by atoms with Gasteiger partial charge in [-0.3, -0.25) is 0 Å². The second kappa shape index (κ2) is 3.30. The van der Waals surface area contributed by atoms with Crippen molar-refractivity contribution in [1.29, 1.82) is 5.26 Å². The molecule has 0 saturated heterocycles. The van der Waals surface area contributed by atoms with Crippen molar-refractivity contribution in [3.8, 4) is 6.07 Å². The minimum atomic E-state index is -0.877. The van der Waals surface area contributed by atoms with Crippen molar-refractivity contribution in [3.63, 3.8) is 0 Å². The lowest BCUT2D eigenvalue weighted by Crippen LogP contribution is -2.21. The van der Waals surface area contributed by atoms with Gasteiger partial charge in [-0.2, -0.15) is 5.26 Å². The lowest BCUT2D eigenvalue weighted by atomic mass is 10.1. The van der Waals surface area contributed by atoms with E-state index in [-0.39, 0.29) is 5.56 Å². The highest BCUT2D eigenvalue weighted by atomic mass is 19.1. The summed E-state index contributed by atoms with van der Waals surface area (Å²) in [5, 5.41) is 8.48. The van der Waals surface area contributed by atoms with Crippen LogP contribution in [0.3, 0.4) is 0 Å². The number of hydrogen-bond donors (Lipinski definition) is 2. The molecule has 0 amide bonds. The van der Waals surface area contributed by atoms with E-state index in [0.29, 0.717) is 5.56 Å². The Labute approximate surface area is 69.4 Å². The summed E-state index contributed by atoms with van der Waals surface area (Å²) in [4.78, 5) is 0. The SMILES string of the molecule is N#Cc1ccc(F)c(C(N)N)c1. The van der Waals surface area contributed by atoms with Crippen molar-refractivity contribution < 1.29 is 4.39 Å². The molecule has 0 saturated carbocycles. The maximum atomic E-state index is 12.9. The smallest absolute Gasteiger partial charge is 0.129 e. The first-order chi connectivity index (χ1) is 5.65. The Morgan fingerprint density at radius 2 is 2.08 bits per heavy atom. The van der Waals surface area contributed by atoms with E-state index in [2.05, 4.69) is 0 Å². The average molecular weight is 165 g/mol. The third-order valence-electron chi connectivity index (χ3n) is 1.48. The molecule has 0 unspecified atom stereocenters. The van der Waals surface area contributed by atoms with Crippen LogP contribution >= 0.6 is 0 Å². The molecule has 12 heavy (non-hydrogen) atoms. The Kier molecular flexibility index (Phi) is 2.38. The summed E-state index contributed by atoms with van der Waals surface area (Å²) >= 11 is 0. The molecule has 0 aliphatic carbocycles. The van der Waals surface area contributed by atoms with Gasteiger partial charge in [-0.15, -0.1) is 0 Å². The normalized spacial score (nSPS) is 9.92. The van der Waals surface area contributed by atoms with E-state index in [4.69, 9.17) is 16.7 Å². The van der Waals surface area contributed by atoms with Gasteiger partial charge in [0.25, 0.3) is 0 Å². The zero-order valence-electron chi connectivity index (χ0n) is 6.29.